The Morgan fingerprint density at radius 3 is 2.43 bits per heavy atom. The number of methoxy groups -OCH3 is 2. The molecule has 1 heterocycles. The normalized spacial score (nSPS) is 15.2. The SMILES string of the molecule is COc1ccc(CC(=O)N[C@@H](C)C(=O)N2CCCC2)cc1OC. The molecular weight excluding hydrogens is 296 g/mol. The van der Waals surface area contributed by atoms with Crippen molar-refractivity contribution in [2.45, 2.75) is 32.2 Å². The molecule has 0 aromatic heterocycles. The molecule has 0 spiro atoms. The Bertz CT molecular complexity index is 568. The van der Waals surface area contributed by atoms with E-state index in [1.165, 1.54) is 0 Å². The van der Waals surface area contributed by atoms with Gasteiger partial charge in [0.15, 0.2) is 11.5 Å². The average molecular weight is 320 g/mol. The third kappa shape index (κ3) is 4.37. The van der Waals surface area contributed by atoms with Gasteiger partial charge in [-0.15, -0.1) is 0 Å². The molecule has 1 fully saturated rings. The van der Waals surface area contributed by atoms with E-state index in [1.54, 1.807) is 38.2 Å². The molecule has 0 aliphatic carbocycles. The van der Waals surface area contributed by atoms with Gasteiger partial charge in [0.1, 0.15) is 6.04 Å². The quantitative estimate of drug-likeness (QED) is 0.860. The number of carbonyl (C=O) groups excluding carboxylic acids is 2. The van der Waals surface area contributed by atoms with E-state index >= 15 is 0 Å². The van der Waals surface area contributed by atoms with Crippen molar-refractivity contribution < 1.29 is 19.1 Å². The van der Waals surface area contributed by atoms with Crippen LogP contribution in [0.3, 0.4) is 0 Å². The van der Waals surface area contributed by atoms with Gasteiger partial charge in [0.25, 0.3) is 0 Å². The highest BCUT2D eigenvalue weighted by Gasteiger charge is 2.24. The van der Waals surface area contributed by atoms with Gasteiger partial charge < -0.3 is 19.7 Å². The van der Waals surface area contributed by atoms with E-state index in [2.05, 4.69) is 5.32 Å². The van der Waals surface area contributed by atoms with Crippen molar-refractivity contribution in [3.8, 4) is 11.5 Å². The Morgan fingerprint density at radius 2 is 1.83 bits per heavy atom. The lowest BCUT2D eigenvalue weighted by atomic mass is 10.1. The van der Waals surface area contributed by atoms with Crippen LogP contribution in [0.2, 0.25) is 0 Å². The molecule has 6 heteroatoms. The van der Waals surface area contributed by atoms with Crippen molar-refractivity contribution in [1.82, 2.24) is 10.2 Å². The summed E-state index contributed by atoms with van der Waals surface area (Å²) in [6, 6.07) is 4.85. The summed E-state index contributed by atoms with van der Waals surface area (Å²) in [6.45, 7) is 3.30. The maximum atomic E-state index is 12.2. The minimum atomic E-state index is -0.499. The molecule has 0 unspecified atom stereocenters. The average Bonchev–Trinajstić information content (AvgIpc) is 3.08. The number of amides is 2. The third-order valence-corrected chi connectivity index (χ3v) is 3.98. The number of hydrogen-bond donors (Lipinski definition) is 1. The van der Waals surface area contributed by atoms with E-state index in [0.717, 1.165) is 31.5 Å². The fourth-order valence-corrected chi connectivity index (χ4v) is 2.74. The molecule has 2 amide bonds. The Kier molecular flexibility index (Phi) is 5.84. The minimum Gasteiger partial charge on any atom is -0.493 e. The monoisotopic (exact) mass is 320 g/mol. The predicted octanol–water partition coefficient (Wildman–Crippen LogP) is 1.37. The van der Waals surface area contributed by atoms with Crippen LogP contribution in [0.15, 0.2) is 18.2 Å². The second kappa shape index (κ2) is 7.85. The summed E-state index contributed by atoms with van der Waals surface area (Å²) in [7, 11) is 3.12. The van der Waals surface area contributed by atoms with Gasteiger partial charge in [-0.25, -0.2) is 0 Å². The van der Waals surface area contributed by atoms with E-state index in [0.29, 0.717) is 11.5 Å². The molecule has 1 saturated heterocycles. The summed E-state index contributed by atoms with van der Waals surface area (Å²) in [4.78, 5) is 26.1. The molecule has 2 rings (SSSR count). The first kappa shape index (κ1) is 17.1. The van der Waals surface area contributed by atoms with Crippen molar-refractivity contribution in [2.24, 2.45) is 0 Å². The highest BCUT2D eigenvalue weighted by molar-refractivity contribution is 5.88. The highest BCUT2D eigenvalue weighted by Crippen LogP contribution is 2.27. The van der Waals surface area contributed by atoms with Crippen LogP contribution in [-0.4, -0.2) is 50.1 Å². The number of rotatable bonds is 6. The first-order valence-corrected chi connectivity index (χ1v) is 7.84. The molecule has 126 valence electrons. The van der Waals surface area contributed by atoms with Crippen LogP contribution in [-0.2, 0) is 16.0 Å². The maximum absolute atomic E-state index is 12.2. The Morgan fingerprint density at radius 1 is 1.17 bits per heavy atom. The fraction of sp³-hybridized carbons (Fsp3) is 0.529. The van der Waals surface area contributed by atoms with E-state index in [4.69, 9.17) is 9.47 Å². The molecule has 1 aliphatic rings. The van der Waals surface area contributed by atoms with Gasteiger partial charge in [-0.05, 0) is 37.5 Å². The molecule has 1 aromatic carbocycles. The second-order valence-corrected chi connectivity index (χ2v) is 5.69. The lowest BCUT2D eigenvalue weighted by molar-refractivity contribution is -0.134. The largest absolute Gasteiger partial charge is 0.493 e. The summed E-state index contributed by atoms with van der Waals surface area (Å²) in [5.74, 6) is 1.01. The predicted molar refractivity (Wildman–Crippen MR) is 86.7 cm³/mol. The molecule has 0 radical (unpaired) electrons. The van der Waals surface area contributed by atoms with E-state index < -0.39 is 6.04 Å². The Labute approximate surface area is 136 Å². The topological polar surface area (TPSA) is 67.9 Å². The van der Waals surface area contributed by atoms with Gasteiger partial charge in [-0.2, -0.15) is 0 Å². The third-order valence-electron chi connectivity index (χ3n) is 3.98. The van der Waals surface area contributed by atoms with Crippen LogP contribution in [0.25, 0.3) is 0 Å². The van der Waals surface area contributed by atoms with Crippen LogP contribution in [0.5, 0.6) is 11.5 Å². The van der Waals surface area contributed by atoms with Gasteiger partial charge in [-0.3, -0.25) is 9.59 Å². The molecule has 0 bridgehead atoms. The molecular formula is C17H24N2O4. The minimum absolute atomic E-state index is 0.0110. The van der Waals surface area contributed by atoms with Crippen molar-refractivity contribution in [1.29, 1.82) is 0 Å². The van der Waals surface area contributed by atoms with E-state index in [-0.39, 0.29) is 18.2 Å². The molecule has 6 nitrogen and oxygen atoms in total. The first-order valence-electron chi connectivity index (χ1n) is 7.84. The molecule has 0 saturated carbocycles. The van der Waals surface area contributed by atoms with Gasteiger partial charge in [0, 0.05) is 13.1 Å². The van der Waals surface area contributed by atoms with Gasteiger partial charge in [0.05, 0.1) is 20.6 Å². The summed E-state index contributed by atoms with van der Waals surface area (Å²) in [6.07, 6.45) is 2.27. The van der Waals surface area contributed by atoms with Gasteiger partial charge in [0.2, 0.25) is 11.8 Å². The summed E-state index contributed by atoms with van der Waals surface area (Å²) in [5, 5.41) is 2.77. The zero-order valence-electron chi connectivity index (χ0n) is 13.9. The lowest BCUT2D eigenvalue weighted by Gasteiger charge is -2.21. The van der Waals surface area contributed by atoms with Gasteiger partial charge >= 0.3 is 0 Å². The van der Waals surface area contributed by atoms with E-state index in [9.17, 15) is 9.59 Å². The zero-order chi connectivity index (χ0) is 16.8. The first-order chi connectivity index (χ1) is 11.0. The standard InChI is InChI=1S/C17H24N2O4/c1-12(17(21)19-8-4-5-9-19)18-16(20)11-13-6-7-14(22-2)15(10-13)23-3/h6-7,10,12H,4-5,8-9,11H2,1-3H3,(H,18,20)/t12-/m0/s1. The van der Waals surface area contributed by atoms with Gasteiger partial charge in [-0.1, -0.05) is 6.07 Å². The molecule has 1 atom stereocenters. The van der Waals surface area contributed by atoms with Crippen molar-refractivity contribution >= 4 is 11.8 Å². The fourth-order valence-electron chi connectivity index (χ4n) is 2.74. The summed E-state index contributed by atoms with van der Waals surface area (Å²) in [5.41, 5.74) is 0.806. The molecule has 23 heavy (non-hydrogen) atoms. The number of benzene rings is 1. The van der Waals surface area contributed by atoms with Crippen LogP contribution in [0.4, 0.5) is 0 Å². The van der Waals surface area contributed by atoms with Crippen LogP contribution in [0, 0.1) is 0 Å². The van der Waals surface area contributed by atoms with Crippen LogP contribution < -0.4 is 14.8 Å². The number of carbonyl (C=O) groups is 2. The lowest BCUT2D eigenvalue weighted by Crippen LogP contribution is -2.46. The number of nitrogens with zero attached hydrogens (tertiary/aromatic N) is 1. The van der Waals surface area contributed by atoms with Crippen molar-refractivity contribution in [2.75, 3.05) is 27.3 Å². The highest BCUT2D eigenvalue weighted by atomic mass is 16.5. The Hall–Kier alpha value is -2.24. The number of nitrogens with one attached hydrogen (secondary N) is 1. The Balaban J connectivity index is 1.92. The van der Waals surface area contributed by atoms with Crippen molar-refractivity contribution in [3.05, 3.63) is 23.8 Å². The van der Waals surface area contributed by atoms with Crippen molar-refractivity contribution in [3.63, 3.8) is 0 Å². The maximum Gasteiger partial charge on any atom is 0.244 e. The number of hydrogen-bond acceptors (Lipinski definition) is 4. The van der Waals surface area contributed by atoms with Crippen LogP contribution in [0.1, 0.15) is 25.3 Å². The van der Waals surface area contributed by atoms with Crippen LogP contribution >= 0.6 is 0 Å². The number of likely N-dealkylation sites (tertiary alicyclic amines) is 1. The summed E-state index contributed by atoms with van der Waals surface area (Å²) < 4.78 is 10.4. The zero-order valence-corrected chi connectivity index (χ0v) is 13.9. The smallest absolute Gasteiger partial charge is 0.244 e. The summed E-state index contributed by atoms with van der Waals surface area (Å²) >= 11 is 0. The second-order valence-electron chi connectivity index (χ2n) is 5.69. The molecule has 1 N–H and O–H groups in total. The van der Waals surface area contributed by atoms with E-state index in [1.807, 2.05) is 6.07 Å². The molecule has 1 aromatic rings. The molecule has 1 aliphatic heterocycles. The number of ether oxygens (including phenoxy) is 2.